The van der Waals surface area contributed by atoms with Crippen LogP contribution in [0.3, 0.4) is 0 Å². The van der Waals surface area contributed by atoms with Crippen LogP contribution in [0, 0.1) is 5.92 Å². The van der Waals surface area contributed by atoms with Gasteiger partial charge in [-0.2, -0.15) is 0 Å². The van der Waals surface area contributed by atoms with Crippen LogP contribution in [0.5, 0.6) is 0 Å². The zero-order valence-electron chi connectivity index (χ0n) is 16.7. The lowest BCUT2D eigenvalue weighted by molar-refractivity contribution is -0.130. The molecule has 2 rings (SSSR count). The number of halogens is 1. The first kappa shape index (κ1) is 22.0. The van der Waals surface area contributed by atoms with E-state index in [4.69, 9.17) is 11.6 Å². The molecule has 2 unspecified atom stereocenters. The standard InChI is InChI=1S/C23H29ClN2O2/c1-16(2)22(23(28)25-17(3)14-18-8-5-4-6-9-18)26-21(27)13-12-19-10-7-11-20(24)15-19/h4-11,15-17,22H,12-14H2,1-3H3,(H,25,28)(H,26,27). The van der Waals surface area contributed by atoms with Gasteiger partial charge in [0.2, 0.25) is 11.8 Å². The van der Waals surface area contributed by atoms with Gasteiger partial charge in [-0.1, -0.05) is 67.9 Å². The van der Waals surface area contributed by atoms with Gasteiger partial charge in [0.05, 0.1) is 0 Å². The van der Waals surface area contributed by atoms with Crippen LogP contribution in [-0.4, -0.2) is 23.9 Å². The first-order valence-corrected chi connectivity index (χ1v) is 10.1. The van der Waals surface area contributed by atoms with Gasteiger partial charge in [0.1, 0.15) is 6.04 Å². The van der Waals surface area contributed by atoms with E-state index in [2.05, 4.69) is 10.6 Å². The first-order valence-electron chi connectivity index (χ1n) is 9.73. The molecule has 0 saturated carbocycles. The Morgan fingerprint density at radius 1 is 0.929 bits per heavy atom. The Morgan fingerprint density at radius 3 is 2.25 bits per heavy atom. The van der Waals surface area contributed by atoms with Gasteiger partial charge in [0.25, 0.3) is 0 Å². The van der Waals surface area contributed by atoms with Gasteiger partial charge < -0.3 is 10.6 Å². The molecule has 2 atom stereocenters. The van der Waals surface area contributed by atoms with Gasteiger partial charge in [-0.3, -0.25) is 9.59 Å². The number of hydrogen-bond acceptors (Lipinski definition) is 2. The highest BCUT2D eigenvalue weighted by atomic mass is 35.5. The Hall–Kier alpha value is -2.33. The van der Waals surface area contributed by atoms with Crippen LogP contribution in [0.4, 0.5) is 0 Å². The normalized spacial score (nSPS) is 13.0. The summed E-state index contributed by atoms with van der Waals surface area (Å²) in [5.41, 5.74) is 2.17. The van der Waals surface area contributed by atoms with E-state index >= 15 is 0 Å². The average molecular weight is 401 g/mol. The molecule has 0 radical (unpaired) electrons. The van der Waals surface area contributed by atoms with Crippen molar-refractivity contribution in [2.75, 3.05) is 0 Å². The van der Waals surface area contributed by atoms with E-state index in [1.807, 2.05) is 69.3 Å². The van der Waals surface area contributed by atoms with E-state index in [1.165, 1.54) is 5.56 Å². The van der Waals surface area contributed by atoms with Crippen molar-refractivity contribution in [1.82, 2.24) is 10.6 Å². The fraction of sp³-hybridized carbons (Fsp3) is 0.391. The molecule has 0 aliphatic rings. The van der Waals surface area contributed by atoms with E-state index in [-0.39, 0.29) is 23.8 Å². The Kier molecular flexibility index (Phi) is 8.52. The summed E-state index contributed by atoms with van der Waals surface area (Å²) in [6.45, 7) is 5.84. The summed E-state index contributed by atoms with van der Waals surface area (Å²) in [6.07, 6.45) is 1.65. The summed E-state index contributed by atoms with van der Waals surface area (Å²) in [7, 11) is 0. The lowest BCUT2D eigenvalue weighted by atomic mass is 10.0. The van der Waals surface area contributed by atoms with Crippen LogP contribution < -0.4 is 10.6 Å². The molecule has 2 aromatic rings. The summed E-state index contributed by atoms with van der Waals surface area (Å²) < 4.78 is 0. The highest BCUT2D eigenvalue weighted by molar-refractivity contribution is 6.30. The lowest BCUT2D eigenvalue weighted by Crippen LogP contribution is -2.52. The molecule has 2 N–H and O–H groups in total. The molecule has 150 valence electrons. The molecule has 2 aromatic carbocycles. The third-order valence-electron chi connectivity index (χ3n) is 4.57. The van der Waals surface area contributed by atoms with Crippen molar-refractivity contribution < 1.29 is 9.59 Å². The van der Waals surface area contributed by atoms with Gasteiger partial charge in [-0.25, -0.2) is 0 Å². The van der Waals surface area contributed by atoms with Gasteiger partial charge >= 0.3 is 0 Å². The van der Waals surface area contributed by atoms with Gasteiger partial charge in [-0.15, -0.1) is 0 Å². The largest absolute Gasteiger partial charge is 0.352 e. The smallest absolute Gasteiger partial charge is 0.243 e. The van der Waals surface area contributed by atoms with Crippen molar-refractivity contribution in [3.63, 3.8) is 0 Å². The number of aryl methyl sites for hydroxylation is 1. The maximum absolute atomic E-state index is 12.7. The Balaban J connectivity index is 1.86. The monoisotopic (exact) mass is 400 g/mol. The van der Waals surface area contributed by atoms with Crippen LogP contribution in [-0.2, 0) is 22.4 Å². The van der Waals surface area contributed by atoms with Gasteiger partial charge in [0.15, 0.2) is 0 Å². The second-order valence-electron chi connectivity index (χ2n) is 7.52. The van der Waals surface area contributed by atoms with Crippen molar-refractivity contribution in [1.29, 1.82) is 0 Å². The zero-order valence-corrected chi connectivity index (χ0v) is 17.5. The number of rotatable bonds is 9. The molecule has 0 aliphatic carbocycles. The minimum absolute atomic E-state index is 0.000884. The number of carbonyl (C=O) groups excluding carboxylic acids is 2. The van der Waals surface area contributed by atoms with Crippen LogP contribution in [0.15, 0.2) is 54.6 Å². The van der Waals surface area contributed by atoms with E-state index in [0.717, 1.165) is 12.0 Å². The Morgan fingerprint density at radius 2 is 1.61 bits per heavy atom. The second kappa shape index (κ2) is 10.9. The third kappa shape index (κ3) is 7.35. The molecule has 0 saturated heterocycles. The number of amides is 2. The van der Waals surface area contributed by atoms with Crippen LogP contribution in [0.2, 0.25) is 5.02 Å². The molecule has 2 amide bonds. The van der Waals surface area contributed by atoms with Gasteiger partial charge in [-0.05, 0) is 48.9 Å². The first-order chi connectivity index (χ1) is 13.3. The molecule has 4 nitrogen and oxygen atoms in total. The van der Waals surface area contributed by atoms with E-state index < -0.39 is 6.04 Å². The number of benzene rings is 2. The summed E-state index contributed by atoms with van der Waals surface area (Å²) >= 11 is 5.98. The van der Waals surface area contributed by atoms with Crippen molar-refractivity contribution >= 4 is 23.4 Å². The molecular formula is C23H29ClN2O2. The second-order valence-corrected chi connectivity index (χ2v) is 7.95. The number of nitrogens with one attached hydrogen (secondary N) is 2. The van der Waals surface area contributed by atoms with Crippen LogP contribution in [0.1, 0.15) is 38.3 Å². The molecule has 0 aliphatic heterocycles. The van der Waals surface area contributed by atoms with E-state index in [1.54, 1.807) is 6.07 Å². The molecule has 0 aromatic heterocycles. The lowest BCUT2D eigenvalue weighted by Gasteiger charge is -2.24. The zero-order chi connectivity index (χ0) is 20.5. The molecule has 0 heterocycles. The fourth-order valence-electron chi connectivity index (χ4n) is 3.08. The van der Waals surface area contributed by atoms with Crippen LogP contribution in [0.25, 0.3) is 0 Å². The summed E-state index contributed by atoms with van der Waals surface area (Å²) in [4.78, 5) is 25.1. The molecule has 0 fully saturated rings. The quantitative estimate of drug-likeness (QED) is 0.664. The minimum Gasteiger partial charge on any atom is -0.352 e. The maximum atomic E-state index is 12.7. The highest BCUT2D eigenvalue weighted by Crippen LogP contribution is 2.12. The Bertz CT molecular complexity index is 777. The predicted octanol–water partition coefficient (Wildman–Crippen LogP) is 4.16. The third-order valence-corrected chi connectivity index (χ3v) is 4.80. The fourth-order valence-corrected chi connectivity index (χ4v) is 3.30. The SMILES string of the molecule is CC(Cc1ccccc1)NC(=O)C(NC(=O)CCc1cccc(Cl)c1)C(C)C. The molecule has 0 bridgehead atoms. The van der Waals surface area contributed by atoms with Crippen molar-refractivity contribution in [2.45, 2.75) is 52.1 Å². The molecule has 28 heavy (non-hydrogen) atoms. The number of hydrogen-bond donors (Lipinski definition) is 2. The Labute approximate surface area is 172 Å². The van der Waals surface area contributed by atoms with Gasteiger partial charge in [0, 0.05) is 17.5 Å². The average Bonchev–Trinajstić information content (AvgIpc) is 2.65. The topological polar surface area (TPSA) is 58.2 Å². The van der Waals surface area contributed by atoms with Crippen molar-refractivity contribution in [3.8, 4) is 0 Å². The summed E-state index contributed by atoms with van der Waals surface area (Å²) in [6, 6.07) is 16.9. The summed E-state index contributed by atoms with van der Waals surface area (Å²) in [5.74, 6) is -0.280. The highest BCUT2D eigenvalue weighted by Gasteiger charge is 2.25. The van der Waals surface area contributed by atoms with E-state index in [0.29, 0.717) is 17.9 Å². The predicted molar refractivity (Wildman–Crippen MR) is 114 cm³/mol. The van der Waals surface area contributed by atoms with Crippen molar-refractivity contribution in [3.05, 3.63) is 70.7 Å². The van der Waals surface area contributed by atoms with Crippen LogP contribution >= 0.6 is 11.6 Å². The molecular weight excluding hydrogens is 372 g/mol. The number of carbonyl (C=O) groups is 2. The maximum Gasteiger partial charge on any atom is 0.243 e. The van der Waals surface area contributed by atoms with Crippen molar-refractivity contribution in [2.24, 2.45) is 5.92 Å². The van der Waals surface area contributed by atoms with E-state index in [9.17, 15) is 9.59 Å². The minimum atomic E-state index is -0.551. The molecule has 5 heteroatoms. The molecule has 0 spiro atoms. The summed E-state index contributed by atoms with van der Waals surface area (Å²) in [5, 5.41) is 6.57.